The minimum atomic E-state index is 0.0661. The van der Waals surface area contributed by atoms with E-state index < -0.39 is 0 Å². The Morgan fingerprint density at radius 2 is 2.16 bits per heavy atom. The number of hydrogen-bond acceptors (Lipinski definition) is 5. The molecule has 1 aliphatic heterocycles. The van der Waals surface area contributed by atoms with E-state index in [9.17, 15) is 4.79 Å². The molecule has 1 fully saturated rings. The number of fused-ring (bicyclic) bond motifs is 1. The second kappa shape index (κ2) is 6.07. The molecule has 2 aliphatic rings. The maximum Gasteiger partial charge on any atom is 0.254 e. The Morgan fingerprint density at radius 3 is 3.00 bits per heavy atom. The molecule has 0 spiro atoms. The van der Waals surface area contributed by atoms with Gasteiger partial charge in [0.15, 0.2) is 5.16 Å². The van der Waals surface area contributed by atoms with Crippen LogP contribution in [0, 0.1) is 0 Å². The standard InChI is InChI=1S/C13H19N3O2S/c17-12-10-2-1-3-11(10)14-13(15-12)19-9-6-16-4-7-18-8-5-16/h1-9H2,(H,14,15,17). The second-order valence-corrected chi connectivity index (χ2v) is 6.04. The summed E-state index contributed by atoms with van der Waals surface area (Å²) in [6.07, 6.45) is 2.90. The van der Waals surface area contributed by atoms with Crippen LogP contribution in [-0.2, 0) is 17.6 Å². The van der Waals surface area contributed by atoms with Gasteiger partial charge in [0.25, 0.3) is 5.56 Å². The topological polar surface area (TPSA) is 58.2 Å². The molecule has 0 amide bonds. The van der Waals surface area contributed by atoms with Gasteiger partial charge in [0.2, 0.25) is 0 Å². The molecule has 2 heterocycles. The zero-order valence-corrected chi connectivity index (χ0v) is 11.8. The summed E-state index contributed by atoms with van der Waals surface area (Å²) < 4.78 is 5.32. The third kappa shape index (κ3) is 3.19. The highest BCUT2D eigenvalue weighted by Gasteiger charge is 2.17. The maximum absolute atomic E-state index is 11.9. The zero-order chi connectivity index (χ0) is 13.1. The summed E-state index contributed by atoms with van der Waals surface area (Å²) in [4.78, 5) is 21.7. The van der Waals surface area contributed by atoms with Crippen molar-refractivity contribution in [2.24, 2.45) is 0 Å². The van der Waals surface area contributed by atoms with Crippen molar-refractivity contribution >= 4 is 11.8 Å². The van der Waals surface area contributed by atoms with Gasteiger partial charge in [-0.1, -0.05) is 11.8 Å². The first-order valence-corrected chi connectivity index (χ1v) is 7.86. The molecule has 1 aliphatic carbocycles. The number of nitrogens with zero attached hydrogens (tertiary/aromatic N) is 2. The Labute approximate surface area is 116 Å². The highest BCUT2D eigenvalue weighted by atomic mass is 32.2. The molecule has 104 valence electrons. The minimum Gasteiger partial charge on any atom is -0.379 e. The molecule has 1 saturated heterocycles. The average Bonchev–Trinajstić information content (AvgIpc) is 2.89. The predicted octanol–water partition coefficient (Wildman–Crippen LogP) is 0.683. The first-order valence-electron chi connectivity index (χ1n) is 6.88. The summed E-state index contributed by atoms with van der Waals surface area (Å²) in [5.74, 6) is 0.960. The third-order valence-corrected chi connectivity index (χ3v) is 4.52. The fraction of sp³-hybridized carbons (Fsp3) is 0.692. The van der Waals surface area contributed by atoms with Crippen molar-refractivity contribution < 1.29 is 4.74 Å². The van der Waals surface area contributed by atoms with Crippen molar-refractivity contribution in [3.05, 3.63) is 21.6 Å². The Balaban J connectivity index is 1.55. The number of rotatable bonds is 4. The number of aryl methyl sites for hydroxylation is 1. The maximum atomic E-state index is 11.9. The smallest absolute Gasteiger partial charge is 0.254 e. The van der Waals surface area contributed by atoms with Crippen LogP contribution < -0.4 is 5.56 Å². The number of thioether (sulfide) groups is 1. The van der Waals surface area contributed by atoms with Crippen LogP contribution in [-0.4, -0.2) is 53.5 Å². The van der Waals surface area contributed by atoms with Crippen LogP contribution in [0.1, 0.15) is 17.7 Å². The average molecular weight is 281 g/mol. The van der Waals surface area contributed by atoms with E-state index in [1.807, 2.05) is 0 Å². The number of nitrogens with one attached hydrogen (secondary N) is 1. The van der Waals surface area contributed by atoms with E-state index in [0.29, 0.717) is 0 Å². The second-order valence-electron chi connectivity index (χ2n) is 4.95. The number of ether oxygens (including phenoxy) is 1. The number of aromatic amines is 1. The van der Waals surface area contributed by atoms with Crippen LogP contribution in [0.25, 0.3) is 0 Å². The molecule has 0 unspecified atom stereocenters. The zero-order valence-electron chi connectivity index (χ0n) is 11.0. The lowest BCUT2D eigenvalue weighted by molar-refractivity contribution is 0.0410. The summed E-state index contributed by atoms with van der Waals surface area (Å²) in [5.41, 5.74) is 1.98. The van der Waals surface area contributed by atoms with E-state index in [-0.39, 0.29) is 5.56 Å². The van der Waals surface area contributed by atoms with Gasteiger partial charge in [-0.2, -0.15) is 0 Å². The third-order valence-electron chi connectivity index (χ3n) is 3.67. The SMILES string of the molecule is O=c1[nH]c(SCCN2CCOCC2)nc2c1CCC2. The Hall–Kier alpha value is -0.850. The van der Waals surface area contributed by atoms with Crippen LogP contribution in [0.15, 0.2) is 9.95 Å². The van der Waals surface area contributed by atoms with E-state index in [1.54, 1.807) is 11.8 Å². The van der Waals surface area contributed by atoms with Crippen molar-refractivity contribution in [2.75, 3.05) is 38.6 Å². The highest BCUT2D eigenvalue weighted by Crippen LogP contribution is 2.19. The Bertz CT molecular complexity index is 497. The van der Waals surface area contributed by atoms with E-state index in [2.05, 4.69) is 14.9 Å². The van der Waals surface area contributed by atoms with E-state index in [4.69, 9.17) is 4.74 Å². The number of H-pyrrole nitrogens is 1. The molecule has 0 aromatic carbocycles. The molecule has 1 aromatic heterocycles. The first kappa shape index (κ1) is 13.1. The van der Waals surface area contributed by atoms with Crippen LogP contribution in [0.5, 0.6) is 0 Å². The van der Waals surface area contributed by atoms with Gasteiger partial charge in [-0.25, -0.2) is 4.98 Å². The van der Waals surface area contributed by atoms with E-state index in [1.165, 1.54) is 0 Å². The molecular formula is C13H19N3O2S. The summed E-state index contributed by atoms with van der Waals surface area (Å²) in [6.45, 7) is 4.70. The summed E-state index contributed by atoms with van der Waals surface area (Å²) >= 11 is 1.65. The molecule has 6 heteroatoms. The van der Waals surface area contributed by atoms with Gasteiger partial charge in [-0.3, -0.25) is 9.69 Å². The number of hydrogen-bond donors (Lipinski definition) is 1. The molecule has 5 nitrogen and oxygen atoms in total. The molecule has 0 atom stereocenters. The molecule has 0 bridgehead atoms. The summed E-state index contributed by atoms with van der Waals surface area (Å²) in [5, 5.41) is 0.777. The fourth-order valence-electron chi connectivity index (χ4n) is 2.58. The van der Waals surface area contributed by atoms with Crippen molar-refractivity contribution in [1.82, 2.24) is 14.9 Å². The van der Waals surface area contributed by atoms with E-state index in [0.717, 1.165) is 74.3 Å². The quantitative estimate of drug-likeness (QED) is 0.650. The van der Waals surface area contributed by atoms with Crippen molar-refractivity contribution in [3.8, 4) is 0 Å². The molecular weight excluding hydrogens is 262 g/mol. The van der Waals surface area contributed by atoms with Gasteiger partial charge >= 0.3 is 0 Å². The van der Waals surface area contributed by atoms with Crippen molar-refractivity contribution in [1.29, 1.82) is 0 Å². The van der Waals surface area contributed by atoms with Gasteiger partial charge in [0, 0.05) is 31.0 Å². The highest BCUT2D eigenvalue weighted by molar-refractivity contribution is 7.99. The largest absolute Gasteiger partial charge is 0.379 e. The normalized spacial score (nSPS) is 19.6. The number of morpholine rings is 1. The van der Waals surface area contributed by atoms with Gasteiger partial charge < -0.3 is 9.72 Å². The van der Waals surface area contributed by atoms with E-state index >= 15 is 0 Å². The molecule has 3 rings (SSSR count). The predicted molar refractivity (Wildman–Crippen MR) is 74.9 cm³/mol. The first-order chi connectivity index (χ1) is 9.33. The molecule has 1 aromatic rings. The molecule has 0 saturated carbocycles. The van der Waals surface area contributed by atoms with Crippen LogP contribution in [0.3, 0.4) is 0 Å². The Morgan fingerprint density at radius 1 is 1.32 bits per heavy atom. The van der Waals surface area contributed by atoms with Gasteiger partial charge in [0.05, 0.1) is 18.9 Å². The van der Waals surface area contributed by atoms with Crippen LogP contribution >= 0.6 is 11.8 Å². The Kier molecular flexibility index (Phi) is 4.20. The van der Waals surface area contributed by atoms with Gasteiger partial charge in [0.1, 0.15) is 0 Å². The van der Waals surface area contributed by atoms with Crippen molar-refractivity contribution in [2.45, 2.75) is 24.4 Å². The van der Waals surface area contributed by atoms with Gasteiger partial charge in [-0.05, 0) is 19.3 Å². The van der Waals surface area contributed by atoms with Crippen molar-refractivity contribution in [3.63, 3.8) is 0 Å². The minimum absolute atomic E-state index is 0.0661. The molecule has 0 radical (unpaired) electrons. The van der Waals surface area contributed by atoms with Gasteiger partial charge in [-0.15, -0.1) is 0 Å². The molecule has 1 N–H and O–H groups in total. The lowest BCUT2D eigenvalue weighted by Crippen LogP contribution is -2.37. The number of aromatic nitrogens is 2. The fourth-order valence-corrected chi connectivity index (χ4v) is 3.47. The summed E-state index contributed by atoms with van der Waals surface area (Å²) in [7, 11) is 0. The lowest BCUT2D eigenvalue weighted by Gasteiger charge is -2.26. The lowest BCUT2D eigenvalue weighted by atomic mass is 10.3. The van der Waals surface area contributed by atoms with Crippen LogP contribution in [0.2, 0.25) is 0 Å². The summed E-state index contributed by atoms with van der Waals surface area (Å²) in [6, 6.07) is 0. The molecule has 19 heavy (non-hydrogen) atoms. The monoisotopic (exact) mass is 281 g/mol. The van der Waals surface area contributed by atoms with Crippen LogP contribution in [0.4, 0.5) is 0 Å².